The van der Waals surface area contributed by atoms with Crippen LogP contribution in [0.15, 0.2) is 67.1 Å². The van der Waals surface area contributed by atoms with Gasteiger partial charge in [-0.2, -0.15) is 9.61 Å². The predicted molar refractivity (Wildman–Crippen MR) is 149 cm³/mol. The fourth-order valence-corrected chi connectivity index (χ4v) is 5.59. The molecule has 1 aromatic carbocycles. The molecule has 2 aliphatic heterocycles. The molecule has 3 aromatic rings. The standard InChI is InChI=1S/C30H32N6O3/c1-3-39-30(38)23-18-32-36-27(34(2)19-20-10-5-4-6-11-20)16-24(33-29(23)36)22-17-31-28-21(22)12-9-15-35(28)25-13-7-8-14-26(25)37/h4-6,9-12,15-18,25-26,37H,3,7-8,13-14,19H2,1-2H3/t25-,26-/m1/s1. The molecule has 0 amide bonds. The van der Waals surface area contributed by atoms with E-state index in [-0.39, 0.29) is 18.8 Å². The average Bonchev–Trinajstić information content (AvgIpc) is 3.58. The minimum Gasteiger partial charge on any atom is -0.462 e. The first kappa shape index (κ1) is 25.1. The molecule has 200 valence electrons. The fourth-order valence-electron chi connectivity index (χ4n) is 5.59. The van der Waals surface area contributed by atoms with Gasteiger partial charge in [-0.25, -0.2) is 14.8 Å². The van der Waals surface area contributed by atoms with Crippen LogP contribution in [0.5, 0.6) is 0 Å². The van der Waals surface area contributed by atoms with Crippen LogP contribution in [0.4, 0.5) is 5.82 Å². The first-order chi connectivity index (χ1) is 19.0. The Kier molecular flexibility index (Phi) is 6.74. The maximum absolute atomic E-state index is 12.8. The maximum Gasteiger partial charge on any atom is 0.343 e. The number of benzene rings is 1. The van der Waals surface area contributed by atoms with Crippen molar-refractivity contribution >= 4 is 17.4 Å². The van der Waals surface area contributed by atoms with E-state index in [9.17, 15) is 9.90 Å². The van der Waals surface area contributed by atoms with E-state index in [4.69, 9.17) is 14.7 Å². The molecule has 0 bridgehead atoms. The van der Waals surface area contributed by atoms with Crippen LogP contribution in [0.25, 0.3) is 28.3 Å². The molecule has 2 atom stereocenters. The lowest BCUT2D eigenvalue weighted by Crippen LogP contribution is -2.28. The number of aliphatic hydroxyl groups excluding tert-OH is 1. The molecule has 9 nitrogen and oxygen atoms in total. The van der Waals surface area contributed by atoms with E-state index in [0.717, 1.165) is 54.0 Å². The third-order valence-corrected chi connectivity index (χ3v) is 7.53. The highest BCUT2D eigenvalue weighted by Gasteiger charge is 2.29. The molecule has 3 aliphatic rings. The smallest absolute Gasteiger partial charge is 0.343 e. The van der Waals surface area contributed by atoms with Crippen LogP contribution in [0.3, 0.4) is 0 Å². The summed E-state index contributed by atoms with van der Waals surface area (Å²) in [4.78, 5) is 24.6. The van der Waals surface area contributed by atoms with E-state index >= 15 is 0 Å². The highest BCUT2D eigenvalue weighted by Crippen LogP contribution is 2.38. The summed E-state index contributed by atoms with van der Waals surface area (Å²) in [5.74, 6) is 1.15. The fraction of sp³-hybridized carbons (Fsp3) is 0.333. The zero-order valence-corrected chi connectivity index (χ0v) is 22.2. The number of ether oxygens (including phenoxy) is 1. The molecule has 0 unspecified atom stereocenters. The van der Waals surface area contributed by atoms with Crippen LogP contribution in [-0.2, 0) is 11.3 Å². The van der Waals surface area contributed by atoms with Crippen LogP contribution in [0, 0.1) is 0 Å². The van der Waals surface area contributed by atoms with E-state index in [1.54, 1.807) is 11.4 Å². The van der Waals surface area contributed by atoms with E-state index in [1.807, 2.05) is 55.8 Å². The molecule has 0 spiro atoms. The van der Waals surface area contributed by atoms with Crippen molar-refractivity contribution < 1.29 is 14.6 Å². The largest absolute Gasteiger partial charge is 0.462 e. The van der Waals surface area contributed by atoms with Crippen molar-refractivity contribution in [3.8, 4) is 22.6 Å². The van der Waals surface area contributed by atoms with Crippen molar-refractivity contribution in [1.82, 2.24) is 24.1 Å². The first-order valence-electron chi connectivity index (χ1n) is 13.5. The Hall–Kier alpha value is -4.24. The number of aromatic nitrogens is 5. The number of carbonyl (C=O) groups excluding carboxylic acids is 1. The van der Waals surface area contributed by atoms with E-state index in [1.165, 1.54) is 6.20 Å². The Morgan fingerprint density at radius 1 is 1.10 bits per heavy atom. The van der Waals surface area contributed by atoms with E-state index in [0.29, 0.717) is 23.4 Å². The van der Waals surface area contributed by atoms with Gasteiger partial charge in [0.15, 0.2) is 5.65 Å². The maximum atomic E-state index is 12.8. The molecule has 0 saturated heterocycles. The number of hydrogen-bond donors (Lipinski definition) is 1. The summed E-state index contributed by atoms with van der Waals surface area (Å²) in [7, 11) is 2.00. The topological polar surface area (TPSA) is 97.8 Å². The Morgan fingerprint density at radius 2 is 1.92 bits per heavy atom. The summed E-state index contributed by atoms with van der Waals surface area (Å²) in [6, 6.07) is 16.2. The molecule has 39 heavy (non-hydrogen) atoms. The SMILES string of the molecule is CCOC(=O)c1cnn2c(N(C)Cc3ccccc3)cc(-c3cnc4n([C@@H]5CCCC[C@H]5O)cccc3-4)nc12. The second kappa shape index (κ2) is 10.5. The van der Waals surface area contributed by atoms with Crippen LogP contribution in [0.2, 0.25) is 0 Å². The number of aliphatic hydroxyl groups is 1. The van der Waals surface area contributed by atoms with Crippen molar-refractivity contribution in [1.29, 1.82) is 0 Å². The van der Waals surface area contributed by atoms with Gasteiger partial charge in [0, 0.05) is 43.2 Å². The number of fused-ring (bicyclic) bond motifs is 2. The molecular formula is C30H32N6O3. The lowest BCUT2D eigenvalue weighted by atomic mass is 9.92. The number of carbonyl (C=O) groups is 1. The van der Waals surface area contributed by atoms with Crippen molar-refractivity contribution in [2.24, 2.45) is 0 Å². The van der Waals surface area contributed by atoms with Crippen molar-refractivity contribution in [2.75, 3.05) is 18.6 Å². The number of pyridine rings is 1. The molecule has 6 rings (SSSR count). The Morgan fingerprint density at radius 3 is 2.72 bits per heavy atom. The zero-order valence-electron chi connectivity index (χ0n) is 22.2. The molecule has 0 radical (unpaired) electrons. The average molecular weight is 525 g/mol. The van der Waals surface area contributed by atoms with Gasteiger partial charge in [0.05, 0.1) is 30.6 Å². The molecule has 1 fully saturated rings. The minimum absolute atomic E-state index is 0.00143. The molecule has 9 heteroatoms. The van der Waals surface area contributed by atoms with Crippen LogP contribution < -0.4 is 4.90 Å². The molecule has 2 aromatic heterocycles. The van der Waals surface area contributed by atoms with Gasteiger partial charge in [-0.05, 0) is 37.5 Å². The highest BCUT2D eigenvalue weighted by molar-refractivity contribution is 5.96. The number of nitrogens with zero attached hydrogens (tertiary/aromatic N) is 6. The predicted octanol–water partition coefficient (Wildman–Crippen LogP) is 4.99. The summed E-state index contributed by atoms with van der Waals surface area (Å²) in [5.41, 5.74) is 4.39. The number of esters is 1. The van der Waals surface area contributed by atoms with Gasteiger partial charge >= 0.3 is 5.97 Å². The quantitative estimate of drug-likeness (QED) is 0.300. The summed E-state index contributed by atoms with van der Waals surface area (Å²) in [5, 5.41) is 15.2. The third-order valence-electron chi connectivity index (χ3n) is 7.53. The molecule has 1 aliphatic carbocycles. The van der Waals surface area contributed by atoms with Gasteiger partial charge in [-0.3, -0.25) is 0 Å². The molecule has 4 heterocycles. The normalized spacial score (nSPS) is 17.5. The van der Waals surface area contributed by atoms with E-state index in [2.05, 4.69) is 26.7 Å². The summed E-state index contributed by atoms with van der Waals surface area (Å²) in [6.07, 6.45) is 8.82. The van der Waals surface area contributed by atoms with Gasteiger partial charge in [-0.1, -0.05) is 43.2 Å². The van der Waals surface area contributed by atoms with Gasteiger partial charge in [0.25, 0.3) is 0 Å². The van der Waals surface area contributed by atoms with Crippen molar-refractivity contribution in [2.45, 2.75) is 51.3 Å². The van der Waals surface area contributed by atoms with Crippen molar-refractivity contribution in [3.63, 3.8) is 0 Å². The third kappa shape index (κ3) is 4.63. The summed E-state index contributed by atoms with van der Waals surface area (Å²) >= 11 is 0. The molecule has 1 saturated carbocycles. The highest BCUT2D eigenvalue weighted by atomic mass is 16.5. The first-order valence-corrected chi connectivity index (χ1v) is 13.5. The van der Waals surface area contributed by atoms with Gasteiger partial charge < -0.3 is 19.3 Å². The van der Waals surface area contributed by atoms with Crippen LogP contribution in [0.1, 0.15) is 54.6 Å². The van der Waals surface area contributed by atoms with Gasteiger partial charge in [0.1, 0.15) is 17.2 Å². The second-order valence-electron chi connectivity index (χ2n) is 10.1. The number of anilines is 1. The number of hydrogen-bond acceptors (Lipinski definition) is 7. The van der Waals surface area contributed by atoms with Crippen LogP contribution in [-0.4, -0.2) is 55.0 Å². The van der Waals surface area contributed by atoms with Crippen LogP contribution >= 0.6 is 0 Å². The molecule has 1 N–H and O–H groups in total. The summed E-state index contributed by atoms with van der Waals surface area (Å²) < 4.78 is 9.09. The summed E-state index contributed by atoms with van der Waals surface area (Å²) in [6.45, 7) is 2.69. The lowest BCUT2D eigenvalue weighted by Gasteiger charge is -2.31. The monoisotopic (exact) mass is 524 g/mol. The minimum atomic E-state index is -0.455. The molecular weight excluding hydrogens is 492 g/mol. The van der Waals surface area contributed by atoms with Crippen molar-refractivity contribution in [3.05, 3.63) is 78.2 Å². The van der Waals surface area contributed by atoms with E-state index < -0.39 is 5.97 Å². The second-order valence-corrected chi connectivity index (χ2v) is 10.1. The van der Waals surface area contributed by atoms with Gasteiger partial charge in [-0.15, -0.1) is 0 Å². The lowest BCUT2D eigenvalue weighted by molar-refractivity contribution is 0.0528. The zero-order chi connectivity index (χ0) is 26.9. The Balaban J connectivity index is 1.46. The number of rotatable bonds is 7. The Bertz CT molecular complexity index is 1580. The Labute approximate surface area is 227 Å². The van der Waals surface area contributed by atoms with Gasteiger partial charge in [0.2, 0.25) is 0 Å².